The molecule has 0 aliphatic heterocycles. The minimum atomic E-state index is -2.82. The molecule has 0 radical (unpaired) electrons. The van der Waals surface area contributed by atoms with Gasteiger partial charge < -0.3 is 0 Å². The zero-order valence-electron chi connectivity index (χ0n) is 11.7. The molecule has 1 aromatic rings. The molecule has 0 aromatic carbocycles. The van der Waals surface area contributed by atoms with Crippen LogP contribution in [-0.2, 0) is 11.0 Å². The van der Waals surface area contributed by atoms with Crippen LogP contribution in [0.15, 0.2) is 22.8 Å². The van der Waals surface area contributed by atoms with Gasteiger partial charge in [-0.25, -0.2) is 18.0 Å². The van der Waals surface area contributed by atoms with E-state index in [2.05, 4.69) is 20.9 Å². The number of alkyl halides is 2. The second kappa shape index (κ2) is 6.58. The maximum Gasteiger partial charge on any atom is 0.246 e. The summed E-state index contributed by atoms with van der Waals surface area (Å²) in [6, 6.07) is 5.19. The summed E-state index contributed by atoms with van der Waals surface area (Å²) in [6.45, 7) is 4.30. The molecule has 20 heavy (non-hydrogen) atoms. The van der Waals surface area contributed by atoms with Gasteiger partial charge in [-0.3, -0.25) is 5.14 Å². The summed E-state index contributed by atoms with van der Waals surface area (Å²) in [6.07, 6.45) is -0.0694. The number of nitrogens with two attached hydrogens (primary N) is 1. The van der Waals surface area contributed by atoms with Crippen molar-refractivity contribution >= 4 is 26.9 Å². The highest BCUT2D eigenvalue weighted by Crippen LogP contribution is 2.36. The van der Waals surface area contributed by atoms with Crippen molar-refractivity contribution in [2.45, 2.75) is 50.2 Å². The first-order valence-electron chi connectivity index (χ1n) is 6.18. The second-order valence-electron chi connectivity index (χ2n) is 5.62. The maximum atomic E-state index is 13.4. The van der Waals surface area contributed by atoms with Crippen LogP contribution in [0.4, 0.5) is 8.78 Å². The molecule has 0 saturated carbocycles. The highest BCUT2D eigenvalue weighted by atomic mass is 79.9. The third-order valence-electron chi connectivity index (χ3n) is 3.04. The summed E-state index contributed by atoms with van der Waals surface area (Å²) in [5.41, 5.74) is 0.555. The van der Waals surface area contributed by atoms with Gasteiger partial charge in [0.15, 0.2) is 0 Å². The van der Waals surface area contributed by atoms with E-state index in [9.17, 15) is 13.0 Å². The van der Waals surface area contributed by atoms with Crippen LogP contribution in [0.3, 0.4) is 0 Å². The van der Waals surface area contributed by atoms with E-state index in [4.69, 9.17) is 5.14 Å². The fourth-order valence-corrected chi connectivity index (χ4v) is 2.76. The number of rotatable bonds is 6. The Morgan fingerprint density at radius 3 is 2.40 bits per heavy atom. The normalized spacial score (nSPS) is 15.9. The third-order valence-corrected chi connectivity index (χ3v) is 4.74. The van der Waals surface area contributed by atoms with Crippen molar-refractivity contribution in [1.29, 1.82) is 0 Å². The molecule has 0 spiro atoms. The molecule has 114 valence electrons. The molecule has 0 amide bonds. The van der Waals surface area contributed by atoms with E-state index >= 15 is 0 Å². The molecule has 2 N–H and O–H groups in total. The Hall–Kier alpha value is -0.400. The van der Waals surface area contributed by atoms with Crippen molar-refractivity contribution in [2.24, 2.45) is 5.14 Å². The lowest BCUT2D eigenvalue weighted by molar-refractivity contribution is 0.00377. The van der Waals surface area contributed by atoms with Gasteiger partial charge in [0.2, 0.25) is 5.92 Å². The van der Waals surface area contributed by atoms with Crippen LogP contribution in [0.25, 0.3) is 0 Å². The summed E-state index contributed by atoms with van der Waals surface area (Å²) in [4.78, 5) is 4.24. The highest BCUT2D eigenvalue weighted by molar-refractivity contribution is 9.10. The smallest absolute Gasteiger partial charge is 0.246 e. The Kier molecular flexibility index (Phi) is 5.80. The van der Waals surface area contributed by atoms with Crippen molar-refractivity contribution in [2.75, 3.05) is 0 Å². The molecule has 1 unspecified atom stereocenters. The van der Waals surface area contributed by atoms with Gasteiger partial charge in [0.1, 0.15) is 4.60 Å². The lowest BCUT2D eigenvalue weighted by atomic mass is 9.88. The number of hydrogen-bond acceptors (Lipinski definition) is 2. The van der Waals surface area contributed by atoms with Crippen LogP contribution < -0.4 is 5.14 Å². The highest BCUT2D eigenvalue weighted by Gasteiger charge is 2.34. The largest absolute Gasteiger partial charge is 0.251 e. The lowest BCUT2D eigenvalue weighted by Crippen LogP contribution is -2.35. The van der Waals surface area contributed by atoms with Crippen molar-refractivity contribution in [1.82, 2.24) is 4.98 Å². The molecule has 1 heterocycles. The van der Waals surface area contributed by atoms with Crippen LogP contribution in [0.1, 0.15) is 45.2 Å². The number of aromatic nitrogens is 1. The van der Waals surface area contributed by atoms with Gasteiger partial charge in [-0.15, -0.1) is 0 Å². The van der Waals surface area contributed by atoms with Gasteiger partial charge in [0.05, 0.1) is 15.7 Å². The summed E-state index contributed by atoms with van der Waals surface area (Å²) >= 11 is 3.24. The van der Waals surface area contributed by atoms with Gasteiger partial charge in [-0.1, -0.05) is 6.07 Å². The number of hydrogen-bond donors (Lipinski definition) is 1. The Morgan fingerprint density at radius 1 is 1.35 bits per heavy atom. The van der Waals surface area contributed by atoms with Crippen LogP contribution in [0.2, 0.25) is 0 Å². The molecule has 7 heteroatoms. The summed E-state index contributed by atoms with van der Waals surface area (Å²) < 4.78 is 38.2. The fourth-order valence-electron chi connectivity index (χ4n) is 2.04. The van der Waals surface area contributed by atoms with E-state index < -0.39 is 27.6 Å². The Bertz CT molecular complexity index is 492. The minimum Gasteiger partial charge on any atom is -0.251 e. The molecular formula is C13H19BrF2N2OS. The quantitative estimate of drug-likeness (QED) is 0.777. The first-order valence-corrected chi connectivity index (χ1v) is 8.18. The monoisotopic (exact) mass is 368 g/mol. The van der Waals surface area contributed by atoms with E-state index in [1.165, 1.54) is 0 Å². The van der Waals surface area contributed by atoms with Crippen molar-refractivity contribution in [3.05, 3.63) is 28.5 Å². The van der Waals surface area contributed by atoms with E-state index in [0.717, 1.165) is 6.92 Å². The molecule has 3 nitrogen and oxygen atoms in total. The van der Waals surface area contributed by atoms with Crippen LogP contribution >= 0.6 is 15.9 Å². The predicted molar refractivity (Wildman–Crippen MR) is 80.9 cm³/mol. The molecule has 1 aromatic heterocycles. The van der Waals surface area contributed by atoms with Gasteiger partial charge >= 0.3 is 0 Å². The van der Waals surface area contributed by atoms with Gasteiger partial charge in [-0.2, -0.15) is 0 Å². The first-order chi connectivity index (χ1) is 9.01. The molecule has 0 aliphatic rings. The van der Waals surface area contributed by atoms with Crippen molar-refractivity contribution in [3.8, 4) is 0 Å². The number of halogens is 3. The fraction of sp³-hybridized carbons (Fsp3) is 0.615. The average Bonchev–Trinajstić information content (AvgIpc) is 2.25. The minimum absolute atomic E-state index is 0.281. The molecule has 0 aliphatic carbocycles. The topological polar surface area (TPSA) is 56.0 Å². The average molecular weight is 369 g/mol. The lowest BCUT2D eigenvalue weighted by Gasteiger charge is -2.28. The summed E-state index contributed by atoms with van der Waals surface area (Å²) in [5.74, 6) is -3.32. The van der Waals surface area contributed by atoms with Gasteiger partial charge in [0, 0.05) is 18.0 Å². The zero-order chi connectivity index (χ0) is 15.6. The molecule has 0 saturated heterocycles. The third kappa shape index (κ3) is 5.54. The zero-order valence-corrected chi connectivity index (χ0v) is 14.1. The Morgan fingerprint density at radius 2 is 1.95 bits per heavy atom. The van der Waals surface area contributed by atoms with E-state index in [1.807, 2.05) is 0 Å². The van der Waals surface area contributed by atoms with Crippen LogP contribution in [-0.4, -0.2) is 19.9 Å². The van der Waals surface area contributed by atoms with Crippen LogP contribution in [0, 0.1) is 0 Å². The number of nitrogens with zero attached hydrogens (tertiary/aromatic N) is 1. The number of pyridine rings is 1. The second-order valence-corrected chi connectivity index (χ2v) is 8.13. The van der Waals surface area contributed by atoms with Crippen molar-refractivity contribution < 1.29 is 13.0 Å². The molecule has 0 fully saturated rings. The molecule has 2 atom stereocenters. The molecule has 1 rings (SSSR count). The van der Waals surface area contributed by atoms with E-state index in [0.29, 0.717) is 10.3 Å². The van der Waals surface area contributed by atoms with E-state index in [-0.39, 0.29) is 12.8 Å². The van der Waals surface area contributed by atoms with Crippen molar-refractivity contribution in [3.63, 3.8) is 0 Å². The predicted octanol–water partition coefficient (Wildman–Crippen LogP) is 3.76. The molecular weight excluding hydrogens is 350 g/mol. The Labute approximate surface area is 129 Å². The maximum absolute atomic E-state index is 13.4. The SMILES string of the molecule is CC(F)(F)C[C@@H](CC(C)(C)S(N)=O)c1cccc(Br)n1. The van der Waals surface area contributed by atoms with E-state index in [1.54, 1.807) is 32.0 Å². The summed E-state index contributed by atoms with van der Waals surface area (Å²) in [7, 11) is -1.59. The van der Waals surface area contributed by atoms with Gasteiger partial charge in [0.25, 0.3) is 0 Å². The first kappa shape index (κ1) is 17.7. The molecule has 0 bridgehead atoms. The Balaban J connectivity index is 3.06. The standard InChI is InChI=1S/C13H19BrF2N2OS/c1-12(2,20(17)19)7-9(8-13(3,15)16)10-5-4-6-11(14)18-10/h4-6,9H,7-8,17H2,1-3H3/t9-,20?/m1/s1. The summed E-state index contributed by atoms with van der Waals surface area (Å²) in [5, 5.41) is 5.45. The van der Waals surface area contributed by atoms with Gasteiger partial charge in [-0.05, 0) is 55.3 Å². The van der Waals surface area contributed by atoms with Crippen LogP contribution in [0.5, 0.6) is 0 Å².